The fourth-order valence-corrected chi connectivity index (χ4v) is 1.62. The molecule has 3 nitrogen and oxygen atoms in total. The molecule has 16 heavy (non-hydrogen) atoms. The topological polar surface area (TPSA) is 38.3 Å². The minimum atomic E-state index is -0.645. The van der Waals surface area contributed by atoms with Crippen molar-refractivity contribution < 1.29 is 13.9 Å². The summed E-state index contributed by atoms with van der Waals surface area (Å²) in [6.45, 7) is 3.98. The molecule has 0 aromatic heterocycles. The number of hydrogen-bond donors (Lipinski definition) is 1. The Morgan fingerprint density at radius 3 is 2.81 bits per heavy atom. The number of amides is 1. The van der Waals surface area contributed by atoms with Crippen molar-refractivity contribution in [2.75, 3.05) is 6.54 Å². The fourth-order valence-electron chi connectivity index (χ4n) is 1.17. The van der Waals surface area contributed by atoms with Gasteiger partial charge >= 0.3 is 0 Å². The maximum absolute atomic E-state index is 13.0. The molecule has 0 saturated carbocycles. The summed E-state index contributed by atoms with van der Waals surface area (Å²) in [5, 5.41) is 2.63. The molecule has 1 rings (SSSR count). The number of ether oxygens (including phenoxy) is 1. The molecule has 88 valence electrons. The maximum atomic E-state index is 13.0. The van der Waals surface area contributed by atoms with E-state index in [4.69, 9.17) is 4.74 Å². The standard InChI is InChI=1S/C11H13BrFNO2/c1-3-14-11(15)7(2)16-10-5-8(12)4-9(13)6-10/h4-7H,3H2,1-2H3,(H,14,15). The molecule has 0 aliphatic heterocycles. The van der Waals surface area contributed by atoms with Crippen molar-refractivity contribution in [3.8, 4) is 5.75 Å². The van der Waals surface area contributed by atoms with Crippen LogP contribution in [0.25, 0.3) is 0 Å². The molecule has 5 heteroatoms. The molecular formula is C11H13BrFNO2. The number of carbonyl (C=O) groups excluding carboxylic acids is 1. The lowest BCUT2D eigenvalue weighted by molar-refractivity contribution is -0.127. The summed E-state index contributed by atoms with van der Waals surface area (Å²) in [6, 6.07) is 4.17. The van der Waals surface area contributed by atoms with E-state index in [-0.39, 0.29) is 5.91 Å². The van der Waals surface area contributed by atoms with E-state index in [1.807, 2.05) is 6.92 Å². The Kier molecular flexibility index (Phi) is 4.73. The lowest BCUT2D eigenvalue weighted by Gasteiger charge is -2.14. The third-order valence-corrected chi connectivity index (χ3v) is 2.33. The zero-order valence-corrected chi connectivity index (χ0v) is 10.7. The van der Waals surface area contributed by atoms with E-state index < -0.39 is 11.9 Å². The zero-order chi connectivity index (χ0) is 12.1. The lowest BCUT2D eigenvalue weighted by atomic mass is 10.3. The highest BCUT2D eigenvalue weighted by Gasteiger charge is 2.13. The van der Waals surface area contributed by atoms with Gasteiger partial charge in [-0.1, -0.05) is 15.9 Å². The van der Waals surface area contributed by atoms with E-state index in [1.165, 1.54) is 12.1 Å². The summed E-state index contributed by atoms with van der Waals surface area (Å²) >= 11 is 3.15. The van der Waals surface area contributed by atoms with Gasteiger partial charge in [-0.15, -0.1) is 0 Å². The Balaban J connectivity index is 2.69. The molecule has 0 heterocycles. The normalized spacial score (nSPS) is 12.0. The third kappa shape index (κ3) is 3.81. The van der Waals surface area contributed by atoms with Crippen LogP contribution in [0.2, 0.25) is 0 Å². The van der Waals surface area contributed by atoms with Crippen LogP contribution in [0.1, 0.15) is 13.8 Å². The maximum Gasteiger partial charge on any atom is 0.260 e. The highest BCUT2D eigenvalue weighted by atomic mass is 79.9. The van der Waals surface area contributed by atoms with Crippen molar-refractivity contribution in [1.29, 1.82) is 0 Å². The quantitative estimate of drug-likeness (QED) is 0.925. The molecule has 0 radical (unpaired) electrons. The highest BCUT2D eigenvalue weighted by Crippen LogP contribution is 2.21. The van der Waals surface area contributed by atoms with E-state index in [0.29, 0.717) is 16.8 Å². The number of hydrogen-bond acceptors (Lipinski definition) is 2. The van der Waals surface area contributed by atoms with Crippen LogP contribution < -0.4 is 10.1 Å². The van der Waals surface area contributed by atoms with Gasteiger partial charge in [0, 0.05) is 17.1 Å². The summed E-state index contributed by atoms with van der Waals surface area (Å²) in [4.78, 5) is 11.4. The molecular weight excluding hydrogens is 277 g/mol. The molecule has 0 saturated heterocycles. The Morgan fingerprint density at radius 2 is 2.25 bits per heavy atom. The molecule has 0 aliphatic rings. The van der Waals surface area contributed by atoms with Gasteiger partial charge in [0.15, 0.2) is 6.10 Å². The van der Waals surface area contributed by atoms with Gasteiger partial charge in [-0.3, -0.25) is 4.79 Å². The van der Waals surface area contributed by atoms with Crippen LogP contribution in [0.3, 0.4) is 0 Å². The number of nitrogens with one attached hydrogen (secondary N) is 1. The Morgan fingerprint density at radius 1 is 1.56 bits per heavy atom. The van der Waals surface area contributed by atoms with Crippen LogP contribution in [0.15, 0.2) is 22.7 Å². The van der Waals surface area contributed by atoms with Gasteiger partial charge in [0.1, 0.15) is 11.6 Å². The largest absolute Gasteiger partial charge is 0.481 e. The molecule has 1 atom stereocenters. The van der Waals surface area contributed by atoms with Crippen LogP contribution in [-0.4, -0.2) is 18.6 Å². The zero-order valence-electron chi connectivity index (χ0n) is 9.09. The van der Waals surface area contributed by atoms with E-state index in [2.05, 4.69) is 21.2 Å². The molecule has 1 amide bonds. The average molecular weight is 290 g/mol. The van der Waals surface area contributed by atoms with Crippen molar-refractivity contribution in [3.63, 3.8) is 0 Å². The summed E-state index contributed by atoms with van der Waals surface area (Å²) < 4.78 is 18.9. The monoisotopic (exact) mass is 289 g/mol. The first-order valence-corrected chi connectivity index (χ1v) is 5.72. The molecule has 0 fully saturated rings. The van der Waals surface area contributed by atoms with Gasteiger partial charge in [-0.25, -0.2) is 4.39 Å². The van der Waals surface area contributed by atoms with Crippen molar-refractivity contribution >= 4 is 21.8 Å². The van der Waals surface area contributed by atoms with Crippen molar-refractivity contribution in [3.05, 3.63) is 28.5 Å². The van der Waals surface area contributed by atoms with Crippen molar-refractivity contribution in [1.82, 2.24) is 5.32 Å². The Labute approximate surface area is 102 Å². The van der Waals surface area contributed by atoms with Crippen LogP contribution >= 0.6 is 15.9 Å². The van der Waals surface area contributed by atoms with Crippen LogP contribution in [0.4, 0.5) is 4.39 Å². The lowest BCUT2D eigenvalue weighted by Crippen LogP contribution is -2.36. The van der Waals surface area contributed by atoms with Gasteiger partial charge in [-0.2, -0.15) is 0 Å². The second kappa shape index (κ2) is 5.84. The van der Waals surface area contributed by atoms with E-state index in [1.54, 1.807) is 13.0 Å². The third-order valence-electron chi connectivity index (χ3n) is 1.87. The first kappa shape index (κ1) is 13.0. The number of rotatable bonds is 4. The summed E-state index contributed by atoms with van der Waals surface area (Å²) in [5.41, 5.74) is 0. The second-order valence-electron chi connectivity index (χ2n) is 3.26. The first-order chi connectivity index (χ1) is 7.52. The first-order valence-electron chi connectivity index (χ1n) is 4.93. The van der Waals surface area contributed by atoms with Crippen molar-refractivity contribution in [2.24, 2.45) is 0 Å². The highest BCUT2D eigenvalue weighted by molar-refractivity contribution is 9.10. The molecule has 0 spiro atoms. The minimum Gasteiger partial charge on any atom is -0.481 e. The van der Waals surface area contributed by atoms with Gasteiger partial charge < -0.3 is 10.1 Å². The van der Waals surface area contributed by atoms with Crippen molar-refractivity contribution in [2.45, 2.75) is 20.0 Å². The number of carbonyl (C=O) groups is 1. The Bertz CT molecular complexity index is 364. The molecule has 1 aromatic rings. The van der Waals surface area contributed by atoms with E-state index >= 15 is 0 Å². The molecule has 1 unspecified atom stereocenters. The molecule has 0 aliphatic carbocycles. The fraction of sp³-hybridized carbons (Fsp3) is 0.364. The number of halogens is 2. The number of benzene rings is 1. The van der Waals surface area contributed by atoms with Crippen LogP contribution in [0, 0.1) is 5.82 Å². The average Bonchev–Trinajstić information content (AvgIpc) is 2.16. The molecule has 1 aromatic carbocycles. The van der Waals surface area contributed by atoms with E-state index in [9.17, 15) is 9.18 Å². The summed E-state index contributed by atoms with van der Waals surface area (Å²) in [7, 11) is 0. The number of likely N-dealkylation sites (N-methyl/N-ethyl adjacent to an activating group) is 1. The van der Waals surface area contributed by atoms with Crippen LogP contribution in [0.5, 0.6) is 5.75 Å². The van der Waals surface area contributed by atoms with Gasteiger partial charge in [-0.05, 0) is 26.0 Å². The summed E-state index contributed by atoms with van der Waals surface area (Å²) in [6.07, 6.45) is -0.645. The summed E-state index contributed by atoms with van der Waals surface area (Å²) in [5.74, 6) is -0.305. The predicted molar refractivity (Wildman–Crippen MR) is 62.9 cm³/mol. The molecule has 1 N–H and O–H groups in total. The SMILES string of the molecule is CCNC(=O)C(C)Oc1cc(F)cc(Br)c1. The Hall–Kier alpha value is -1.10. The molecule has 0 bridgehead atoms. The van der Waals surface area contributed by atoms with Crippen LogP contribution in [-0.2, 0) is 4.79 Å². The minimum absolute atomic E-state index is 0.220. The second-order valence-corrected chi connectivity index (χ2v) is 4.18. The smallest absolute Gasteiger partial charge is 0.260 e. The van der Waals surface area contributed by atoms with Gasteiger partial charge in [0.2, 0.25) is 0 Å². The van der Waals surface area contributed by atoms with E-state index in [0.717, 1.165) is 0 Å². The predicted octanol–water partition coefficient (Wildman–Crippen LogP) is 2.49. The van der Waals surface area contributed by atoms with Gasteiger partial charge in [0.25, 0.3) is 5.91 Å². The van der Waals surface area contributed by atoms with Gasteiger partial charge in [0.05, 0.1) is 0 Å².